The van der Waals surface area contributed by atoms with Gasteiger partial charge in [0.1, 0.15) is 0 Å². The molecule has 1 aromatic rings. The van der Waals surface area contributed by atoms with Crippen molar-refractivity contribution in [2.24, 2.45) is 0 Å². The third-order valence-electron chi connectivity index (χ3n) is 2.60. The van der Waals surface area contributed by atoms with Crippen LogP contribution < -0.4 is 5.32 Å². The van der Waals surface area contributed by atoms with Crippen molar-refractivity contribution in [3.05, 3.63) is 33.4 Å². The molecule has 17 heavy (non-hydrogen) atoms. The first kappa shape index (κ1) is 14.9. The minimum absolute atomic E-state index is 0.426. The first-order valence-electron chi connectivity index (χ1n) is 6.31. The van der Waals surface area contributed by atoms with Crippen LogP contribution in [0.25, 0.3) is 0 Å². The van der Waals surface area contributed by atoms with E-state index in [-0.39, 0.29) is 0 Å². The molecule has 0 saturated heterocycles. The van der Waals surface area contributed by atoms with Gasteiger partial charge in [-0.3, -0.25) is 0 Å². The van der Waals surface area contributed by atoms with Gasteiger partial charge in [-0.05, 0) is 66.6 Å². The summed E-state index contributed by atoms with van der Waals surface area (Å²) >= 11 is 2.34. The first-order valence-corrected chi connectivity index (χ1v) is 7.39. The van der Waals surface area contributed by atoms with Gasteiger partial charge >= 0.3 is 0 Å². The number of benzene rings is 1. The molecule has 0 aliphatic heterocycles. The van der Waals surface area contributed by atoms with Gasteiger partial charge in [-0.15, -0.1) is 0 Å². The van der Waals surface area contributed by atoms with Crippen molar-refractivity contribution >= 4 is 22.6 Å². The fraction of sp³-hybridized carbons (Fsp3) is 0.571. The second-order valence-corrected chi connectivity index (χ2v) is 5.39. The monoisotopic (exact) mass is 347 g/mol. The third kappa shape index (κ3) is 6.38. The molecule has 1 rings (SSSR count). The summed E-state index contributed by atoms with van der Waals surface area (Å²) in [5.41, 5.74) is 1.37. The summed E-state index contributed by atoms with van der Waals surface area (Å²) in [7, 11) is 0. The molecule has 0 amide bonds. The summed E-state index contributed by atoms with van der Waals surface area (Å²) in [6.07, 6.45) is 2.20. The molecule has 0 aliphatic carbocycles. The zero-order valence-corrected chi connectivity index (χ0v) is 12.9. The normalized spacial score (nSPS) is 12.6. The van der Waals surface area contributed by atoms with Gasteiger partial charge < -0.3 is 10.1 Å². The Labute approximate surface area is 118 Å². The summed E-state index contributed by atoms with van der Waals surface area (Å²) < 4.78 is 6.81. The molecule has 0 bridgehead atoms. The lowest BCUT2D eigenvalue weighted by Crippen LogP contribution is -2.36. The van der Waals surface area contributed by atoms with Crippen molar-refractivity contribution in [1.29, 1.82) is 0 Å². The number of rotatable bonds is 8. The Morgan fingerprint density at radius 1 is 1.24 bits per heavy atom. The van der Waals surface area contributed by atoms with E-state index in [1.165, 1.54) is 9.13 Å². The van der Waals surface area contributed by atoms with E-state index >= 15 is 0 Å². The predicted molar refractivity (Wildman–Crippen MR) is 81.4 cm³/mol. The van der Waals surface area contributed by atoms with Crippen molar-refractivity contribution in [2.75, 3.05) is 19.8 Å². The minimum Gasteiger partial charge on any atom is -0.380 e. The SMILES string of the molecule is CCCNC(COCC)Cc1ccc(I)cc1. The summed E-state index contributed by atoms with van der Waals surface area (Å²) in [5.74, 6) is 0. The fourth-order valence-electron chi connectivity index (χ4n) is 1.70. The maximum atomic E-state index is 5.52. The van der Waals surface area contributed by atoms with Crippen molar-refractivity contribution in [1.82, 2.24) is 5.32 Å². The second-order valence-electron chi connectivity index (χ2n) is 4.14. The summed E-state index contributed by atoms with van der Waals surface area (Å²) in [5, 5.41) is 3.54. The van der Waals surface area contributed by atoms with E-state index in [9.17, 15) is 0 Å². The molecular weight excluding hydrogens is 325 g/mol. The maximum Gasteiger partial charge on any atom is 0.0622 e. The van der Waals surface area contributed by atoms with Gasteiger partial charge in [-0.25, -0.2) is 0 Å². The van der Waals surface area contributed by atoms with Crippen molar-refractivity contribution in [3.63, 3.8) is 0 Å². The average molecular weight is 347 g/mol. The number of ether oxygens (including phenoxy) is 1. The summed E-state index contributed by atoms with van der Waals surface area (Å²) in [6.45, 7) is 6.87. The zero-order valence-electron chi connectivity index (χ0n) is 10.7. The lowest BCUT2D eigenvalue weighted by molar-refractivity contribution is 0.122. The van der Waals surface area contributed by atoms with Crippen LogP contribution in [0.4, 0.5) is 0 Å². The Morgan fingerprint density at radius 2 is 1.94 bits per heavy atom. The predicted octanol–water partition coefficient (Wildman–Crippen LogP) is 3.24. The second kappa shape index (κ2) is 8.89. The van der Waals surface area contributed by atoms with E-state index in [4.69, 9.17) is 4.74 Å². The standard InChI is InChI=1S/C14H22INO/c1-3-9-16-14(11-17-4-2)10-12-5-7-13(15)8-6-12/h5-8,14,16H,3-4,9-11H2,1-2H3. The van der Waals surface area contributed by atoms with Crippen LogP contribution in [0.5, 0.6) is 0 Å². The number of halogens is 1. The number of hydrogen-bond donors (Lipinski definition) is 1. The van der Waals surface area contributed by atoms with Crippen LogP contribution in [0.15, 0.2) is 24.3 Å². The Kier molecular flexibility index (Phi) is 7.81. The Morgan fingerprint density at radius 3 is 2.53 bits per heavy atom. The van der Waals surface area contributed by atoms with Gasteiger partial charge in [0.2, 0.25) is 0 Å². The molecule has 0 aliphatic rings. The molecule has 0 saturated carbocycles. The van der Waals surface area contributed by atoms with Crippen LogP contribution in [-0.2, 0) is 11.2 Å². The van der Waals surface area contributed by atoms with E-state index in [2.05, 4.69) is 59.1 Å². The van der Waals surface area contributed by atoms with Crippen LogP contribution in [0.1, 0.15) is 25.8 Å². The molecular formula is C14H22INO. The van der Waals surface area contributed by atoms with E-state index in [1.54, 1.807) is 0 Å². The van der Waals surface area contributed by atoms with Crippen molar-refractivity contribution in [2.45, 2.75) is 32.7 Å². The van der Waals surface area contributed by atoms with Crippen LogP contribution in [-0.4, -0.2) is 25.8 Å². The smallest absolute Gasteiger partial charge is 0.0622 e. The van der Waals surface area contributed by atoms with Crippen LogP contribution in [0, 0.1) is 3.57 Å². The molecule has 1 unspecified atom stereocenters. The topological polar surface area (TPSA) is 21.3 Å². The average Bonchev–Trinajstić information content (AvgIpc) is 2.35. The Balaban J connectivity index is 2.48. The van der Waals surface area contributed by atoms with Gasteiger partial charge in [0, 0.05) is 16.2 Å². The number of nitrogens with one attached hydrogen (secondary N) is 1. The van der Waals surface area contributed by atoms with E-state index in [0.29, 0.717) is 6.04 Å². The molecule has 3 heteroatoms. The Hall–Kier alpha value is -0.130. The summed E-state index contributed by atoms with van der Waals surface area (Å²) in [6, 6.07) is 9.15. The molecule has 1 aromatic carbocycles. The molecule has 0 fully saturated rings. The van der Waals surface area contributed by atoms with E-state index < -0.39 is 0 Å². The highest BCUT2D eigenvalue weighted by Crippen LogP contribution is 2.09. The van der Waals surface area contributed by atoms with Gasteiger partial charge in [0.05, 0.1) is 6.61 Å². The quantitative estimate of drug-likeness (QED) is 0.729. The molecule has 0 heterocycles. The van der Waals surface area contributed by atoms with Crippen LogP contribution in [0.2, 0.25) is 0 Å². The molecule has 0 aromatic heterocycles. The molecule has 96 valence electrons. The van der Waals surface area contributed by atoms with Crippen molar-refractivity contribution in [3.8, 4) is 0 Å². The minimum atomic E-state index is 0.426. The molecule has 0 spiro atoms. The Bertz CT molecular complexity index is 292. The molecule has 0 radical (unpaired) electrons. The molecule has 1 N–H and O–H groups in total. The largest absolute Gasteiger partial charge is 0.380 e. The highest BCUT2D eigenvalue weighted by Gasteiger charge is 2.08. The fourth-order valence-corrected chi connectivity index (χ4v) is 2.06. The van der Waals surface area contributed by atoms with Gasteiger partial charge in [-0.2, -0.15) is 0 Å². The van der Waals surface area contributed by atoms with E-state index in [0.717, 1.165) is 32.6 Å². The first-order chi connectivity index (χ1) is 8.26. The third-order valence-corrected chi connectivity index (χ3v) is 3.32. The van der Waals surface area contributed by atoms with Crippen LogP contribution >= 0.6 is 22.6 Å². The lowest BCUT2D eigenvalue weighted by atomic mass is 10.1. The van der Waals surface area contributed by atoms with Gasteiger partial charge in [-0.1, -0.05) is 19.1 Å². The highest BCUT2D eigenvalue weighted by atomic mass is 127. The van der Waals surface area contributed by atoms with E-state index in [1.807, 2.05) is 6.92 Å². The molecule has 1 atom stereocenters. The highest BCUT2D eigenvalue weighted by molar-refractivity contribution is 14.1. The molecule has 2 nitrogen and oxygen atoms in total. The zero-order chi connectivity index (χ0) is 12.5. The van der Waals surface area contributed by atoms with Crippen LogP contribution in [0.3, 0.4) is 0 Å². The maximum absolute atomic E-state index is 5.52. The lowest BCUT2D eigenvalue weighted by Gasteiger charge is -2.18. The number of hydrogen-bond acceptors (Lipinski definition) is 2. The summed E-state index contributed by atoms with van der Waals surface area (Å²) in [4.78, 5) is 0. The van der Waals surface area contributed by atoms with Gasteiger partial charge in [0.25, 0.3) is 0 Å². The van der Waals surface area contributed by atoms with Gasteiger partial charge in [0.15, 0.2) is 0 Å². The van der Waals surface area contributed by atoms with Crippen molar-refractivity contribution < 1.29 is 4.74 Å².